The van der Waals surface area contributed by atoms with E-state index in [0.29, 0.717) is 36.5 Å². The fraction of sp³-hybridized carbons (Fsp3) is 0.280. The largest absolute Gasteiger partial charge is 0.368 e. The SMILES string of the molecule is CCc1nn2c(C)c(C(=O)N3CCN(c4ccccc4)CC3)nnc2c1-c1ccc(F)cc1. The quantitative estimate of drug-likeness (QED) is 0.480. The number of amides is 1. The van der Waals surface area contributed by atoms with Crippen molar-refractivity contribution in [3.63, 3.8) is 0 Å². The highest BCUT2D eigenvalue weighted by atomic mass is 19.1. The van der Waals surface area contributed by atoms with E-state index in [1.54, 1.807) is 16.6 Å². The maximum Gasteiger partial charge on any atom is 0.276 e. The number of carbonyl (C=O) groups is 1. The van der Waals surface area contributed by atoms with Crippen molar-refractivity contribution in [2.24, 2.45) is 0 Å². The van der Waals surface area contributed by atoms with E-state index < -0.39 is 0 Å². The van der Waals surface area contributed by atoms with Crippen molar-refractivity contribution < 1.29 is 9.18 Å². The second-order valence-corrected chi connectivity index (χ2v) is 8.17. The number of aryl methyl sites for hydroxylation is 2. The van der Waals surface area contributed by atoms with Gasteiger partial charge in [0.15, 0.2) is 11.3 Å². The van der Waals surface area contributed by atoms with Crippen LogP contribution in [-0.2, 0) is 6.42 Å². The summed E-state index contributed by atoms with van der Waals surface area (Å²) < 4.78 is 15.1. The Labute approximate surface area is 191 Å². The van der Waals surface area contributed by atoms with Gasteiger partial charge in [0.2, 0.25) is 0 Å². The van der Waals surface area contributed by atoms with Crippen LogP contribution < -0.4 is 4.90 Å². The van der Waals surface area contributed by atoms with E-state index in [2.05, 4.69) is 27.2 Å². The number of halogens is 1. The minimum atomic E-state index is -0.296. The minimum absolute atomic E-state index is 0.133. The smallest absolute Gasteiger partial charge is 0.276 e. The second kappa shape index (κ2) is 8.61. The summed E-state index contributed by atoms with van der Waals surface area (Å²) in [6.45, 7) is 6.62. The molecule has 0 saturated carbocycles. The van der Waals surface area contributed by atoms with Crippen molar-refractivity contribution in [1.29, 1.82) is 0 Å². The molecule has 0 N–H and O–H groups in total. The Balaban J connectivity index is 1.43. The first-order chi connectivity index (χ1) is 16.1. The van der Waals surface area contributed by atoms with E-state index in [9.17, 15) is 9.18 Å². The molecular weight excluding hydrogens is 419 g/mol. The van der Waals surface area contributed by atoms with Gasteiger partial charge in [0.25, 0.3) is 5.91 Å². The van der Waals surface area contributed by atoms with Gasteiger partial charge in [-0.1, -0.05) is 37.3 Å². The van der Waals surface area contributed by atoms with Gasteiger partial charge in [0.05, 0.1) is 17.0 Å². The number of hydrogen-bond acceptors (Lipinski definition) is 5. The molecule has 2 aromatic carbocycles. The number of anilines is 1. The maximum atomic E-state index is 13.4. The van der Waals surface area contributed by atoms with Gasteiger partial charge in [-0.15, -0.1) is 10.2 Å². The molecule has 4 aromatic rings. The highest BCUT2D eigenvalue weighted by Crippen LogP contribution is 2.29. The van der Waals surface area contributed by atoms with Gasteiger partial charge in [-0.25, -0.2) is 8.91 Å². The molecule has 8 heteroatoms. The van der Waals surface area contributed by atoms with Gasteiger partial charge < -0.3 is 9.80 Å². The first kappa shape index (κ1) is 21.1. The number of benzene rings is 2. The molecule has 0 spiro atoms. The van der Waals surface area contributed by atoms with Gasteiger partial charge in [-0.05, 0) is 43.2 Å². The lowest BCUT2D eigenvalue weighted by atomic mass is 10.0. The molecule has 1 saturated heterocycles. The topological polar surface area (TPSA) is 66.6 Å². The molecule has 5 rings (SSSR count). The third-order valence-corrected chi connectivity index (χ3v) is 6.20. The summed E-state index contributed by atoms with van der Waals surface area (Å²) in [6, 6.07) is 16.5. The van der Waals surface area contributed by atoms with E-state index in [1.165, 1.54) is 17.8 Å². The Hall–Kier alpha value is -3.81. The molecule has 1 aliphatic heterocycles. The normalized spacial score (nSPS) is 14.2. The van der Waals surface area contributed by atoms with Crippen molar-refractivity contribution in [3.8, 4) is 11.1 Å². The van der Waals surface area contributed by atoms with Crippen molar-refractivity contribution in [2.45, 2.75) is 20.3 Å². The van der Waals surface area contributed by atoms with Crippen LogP contribution in [0.5, 0.6) is 0 Å². The molecule has 0 radical (unpaired) electrons. The standard InChI is InChI=1S/C25H25FN6O/c1-3-21-22(18-9-11-19(26)12-10-18)24-28-27-23(17(2)32(24)29-21)25(33)31-15-13-30(14-16-31)20-7-5-4-6-8-20/h4-12H,3,13-16H2,1-2H3. The van der Waals surface area contributed by atoms with Crippen molar-refractivity contribution in [1.82, 2.24) is 24.7 Å². The Morgan fingerprint density at radius 3 is 2.33 bits per heavy atom. The van der Waals surface area contributed by atoms with Crippen molar-refractivity contribution >= 4 is 17.2 Å². The fourth-order valence-corrected chi connectivity index (χ4v) is 4.36. The molecule has 0 aliphatic carbocycles. The molecule has 1 fully saturated rings. The molecular formula is C25H25FN6O. The summed E-state index contributed by atoms with van der Waals surface area (Å²) in [5.74, 6) is -0.428. The number of piperazine rings is 1. The van der Waals surface area contributed by atoms with E-state index in [0.717, 1.165) is 29.9 Å². The van der Waals surface area contributed by atoms with E-state index >= 15 is 0 Å². The summed E-state index contributed by atoms with van der Waals surface area (Å²) in [5, 5.41) is 13.4. The van der Waals surface area contributed by atoms with Gasteiger partial charge in [0.1, 0.15) is 5.82 Å². The molecule has 3 heterocycles. The van der Waals surface area contributed by atoms with E-state index in [4.69, 9.17) is 5.10 Å². The van der Waals surface area contributed by atoms with Crippen molar-refractivity contribution in [3.05, 3.63) is 77.5 Å². The highest BCUT2D eigenvalue weighted by Gasteiger charge is 2.27. The average molecular weight is 445 g/mol. The lowest BCUT2D eigenvalue weighted by molar-refractivity contribution is 0.0738. The van der Waals surface area contributed by atoms with Crippen LogP contribution in [0.25, 0.3) is 16.8 Å². The zero-order valence-electron chi connectivity index (χ0n) is 18.7. The number of fused-ring (bicyclic) bond motifs is 1. The first-order valence-corrected chi connectivity index (χ1v) is 11.2. The average Bonchev–Trinajstić information content (AvgIpc) is 3.25. The summed E-state index contributed by atoms with van der Waals surface area (Å²) in [7, 11) is 0. The number of aromatic nitrogens is 4. The first-order valence-electron chi connectivity index (χ1n) is 11.2. The lowest BCUT2D eigenvalue weighted by Crippen LogP contribution is -2.49. The molecule has 7 nitrogen and oxygen atoms in total. The van der Waals surface area contributed by atoms with Gasteiger partial charge >= 0.3 is 0 Å². The maximum absolute atomic E-state index is 13.4. The van der Waals surface area contributed by atoms with E-state index in [1.807, 2.05) is 36.9 Å². The zero-order chi connectivity index (χ0) is 22.9. The molecule has 1 amide bonds. The van der Waals surface area contributed by atoms with Gasteiger partial charge in [-0.3, -0.25) is 4.79 Å². The Kier molecular flexibility index (Phi) is 5.50. The molecule has 0 unspecified atom stereocenters. The Bertz CT molecular complexity index is 1290. The summed E-state index contributed by atoms with van der Waals surface area (Å²) in [4.78, 5) is 17.4. The Morgan fingerprint density at radius 2 is 1.67 bits per heavy atom. The highest BCUT2D eigenvalue weighted by molar-refractivity contribution is 5.94. The number of para-hydroxylation sites is 1. The van der Waals surface area contributed by atoms with Gasteiger partial charge in [0, 0.05) is 31.9 Å². The van der Waals surface area contributed by atoms with Crippen LogP contribution in [0.1, 0.15) is 28.8 Å². The molecule has 0 atom stereocenters. The number of nitrogens with zero attached hydrogens (tertiary/aromatic N) is 6. The number of rotatable bonds is 4. The van der Waals surface area contributed by atoms with Crippen LogP contribution in [0, 0.1) is 12.7 Å². The van der Waals surface area contributed by atoms with Crippen LogP contribution in [0.2, 0.25) is 0 Å². The molecule has 33 heavy (non-hydrogen) atoms. The zero-order valence-corrected chi connectivity index (χ0v) is 18.7. The third-order valence-electron chi connectivity index (χ3n) is 6.20. The molecule has 1 aliphatic rings. The monoisotopic (exact) mass is 444 g/mol. The van der Waals surface area contributed by atoms with Gasteiger partial charge in [-0.2, -0.15) is 5.10 Å². The predicted octanol–water partition coefficient (Wildman–Crippen LogP) is 3.76. The molecule has 0 bridgehead atoms. The molecule has 2 aromatic heterocycles. The summed E-state index contributed by atoms with van der Waals surface area (Å²) in [5.41, 5.74) is 5.18. The summed E-state index contributed by atoms with van der Waals surface area (Å²) >= 11 is 0. The van der Waals surface area contributed by atoms with Crippen LogP contribution in [0.15, 0.2) is 54.6 Å². The number of carbonyl (C=O) groups excluding carboxylic acids is 1. The van der Waals surface area contributed by atoms with Crippen LogP contribution in [0.4, 0.5) is 10.1 Å². The van der Waals surface area contributed by atoms with Crippen molar-refractivity contribution in [2.75, 3.05) is 31.1 Å². The van der Waals surface area contributed by atoms with Crippen LogP contribution in [-0.4, -0.2) is 56.8 Å². The second-order valence-electron chi connectivity index (χ2n) is 8.17. The van der Waals surface area contributed by atoms with Crippen LogP contribution in [0.3, 0.4) is 0 Å². The Morgan fingerprint density at radius 1 is 0.970 bits per heavy atom. The molecule has 168 valence electrons. The van der Waals surface area contributed by atoms with Crippen LogP contribution >= 0.6 is 0 Å². The lowest BCUT2D eigenvalue weighted by Gasteiger charge is -2.36. The predicted molar refractivity (Wildman–Crippen MR) is 125 cm³/mol. The third kappa shape index (κ3) is 3.82. The minimum Gasteiger partial charge on any atom is -0.368 e. The fourth-order valence-electron chi connectivity index (χ4n) is 4.36. The summed E-state index contributed by atoms with van der Waals surface area (Å²) in [6.07, 6.45) is 0.681. The number of hydrogen-bond donors (Lipinski definition) is 0. The van der Waals surface area contributed by atoms with E-state index in [-0.39, 0.29) is 11.7 Å².